The molecule has 0 unspecified atom stereocenters. The van der Waals surface area contributed by atoms with Crippen molar-refractivity contribution >= 4 is 32.9 Å². The molecule has 1 aromatic heterocycles. The molecule has 0 saturated carbocycles. The van der Waals surface area contributed by atoms with Gasteiger partial charge in [-0.05, 0) is 36.4 Å². The van der Waals surface area contributed by atoms with E-state index in [0.29, 0.717) is 11.4 Å². The third kappa shape index (κ3) is 3.11. The molecule has 6 nitrogen and oxygen atoms in total. The fourth-order valence-electron chi connectivity index (χ4n) is 1.64. The molecule has 0 amide bonds. The first kappa shape index (κ1) is 15.2. The summed E-state index contributed by atoms with van der Waals surface area (Å²) in [4.78, 5) is 4.05. The number of benzene rings is 1. The lowest BCUT2D eigenvalue weighted by Crippen LogP contribution is -2.26. The van der Waals surface area contributed by atoms with Crippen molar-refractivity contribution in [2.45, 2.75) is 4.90 Å². The standard InChI is InChI=1S/C13H13N3O3S2/c1-16(9-2-4-10(17)5-3-9)21(18,19)11-6-7-12(13(14)20)15-8-11/h2-8,17H,1H3,(H2,14,20). The lowest BCUT2D eigenvalue weighted by molar-refractivity contribution is 0.475. The number of thiocarbonyl (C=S) groups is 1. The fourth-order valence-corrected chi connectivity index (χ4v) is 2.90. The fraction of sp³-hybridized carbons (Fsp3) is 0.0769. The largest absolute Gasteiger partial charge is 0.508 e. The smallest absolute Gasteiger partial charge is 0.265 e. The number of aromatic hydroxyl groups is 1. The minimum Gasteiger partial charge on any atom is -0.508 e. The number of sulfonamides is 1. The molecule has 1 heterocycles. The van der Waals surface area contributed by atoms with Gasteiger partial charge in [-0.3, -0.25) is 9.29 Å². The van der Waals surface area contributed by atoms with Gasteiger partial charge in [-0.1, -0.05) is 12.2 Å². The van der Waals surface area contributed by atoms with Crippen LogP contribution >= 0.6 is 12.2 Å². The van der Waals surface area contributed by atoms with Crippen LogP contribution in [0.5, 0.6) is 5.75 Å². The van der Waals surface area contributed by atoms with E-state index in [9.17, 15) is 13.5 Å². The zero-order valence-electron chi connectivity index (χ0n) is 11.1. The van der Waals surface area contributed by atoms with Crippen LogP contribution in [0.25, 0.3) is 0 Å². The van der Waals surface area contributed by atoms with Crippen molar-refractivity contribution in [3.8, 4) is 5.75 Å². The lowest BCUT2D eigenvalue weighted by atomic mass is 10.3. The van der Waals surface area contributed by atoms with Crippen molar-refractivity contribution in [3.05, 3.63) is 48.3 Å². The van der Waals surface area contributed by atoms with Crippen molar-refractivity contribution < 1.29 is 13.5 Å². The normalized spacial score (nSPS) is 11.1. The number of hydrogen-bond donors (Lipinski definition) is 2. The minimum atomic E-state index is -3.74. The summed E-state index contributed by atoms with van der Waals surface area (Å²) in [5.74, 6) is 0.0621. The van der Waals surface area contributed by atoms with Gasteiger partial charge in [0.2, 0.25) is 0 Å². The number of pyridine rings is 1. The predicted molar refractivity (Wildman–Crippen MR) is 83.8 cm³/mol. The maximum Gasteiger partial charge on any atom is 0.265 e. The minimum absolute atomic E-state index is 0.0260. The van der Waals surface area contributed by atoms with Gasteiger partial charge in [-0.15, -0.1) is 0 Å². The number of nitrogens with two attached hydrogens (primary N) is 1. The van der Waals surface area contributed by atoms with Crippen LogP contribution in [-0.2, 0) is 10.0 Å². The van der Waals surface area contributed by atoms with E-state index in [2.05, 4.69) is 4.98 Å². The summed E-state index contributed by atoms with van der Waals surface area (Å²) in [6, 6.07) is 8.69. The van der Waals surface area contributed by atoms with E-state index in [1.807, 2.05) is 0 Å². The van der Waals surface area contributed by atoms with Gasteiger partial charge < -0.3 is 10.8 Å². The highest BCUT2D eigenvalue weighted by Gasteiger charge is 2.21. The summed E-state index contributed by atoms with van der Waals surface area (Å²) in [7, 11) is -2.32. The lowest BCUT2D eigenvalue weighted by Gasteiger charge is -2.19. The Morgan fingerprint density at radius 3 is 2.33 bits per heavy atom. The van der Waals surface area contributed by atoms with Gasteiger partial charge in [-0.25, -0.2) is 8.42 Å². The highest BCUT2D eigenvalue weighted by atomic mass is 32.2. The van der Waals surface area contributed by atoms with Gasteiger partial charge in [0, 0.05) is 13.2 Å². The molecule has 110 valence electrons. The number of aromatic nitrogens is 1. The second kappa shape index (κ2) is 5.66. The van der Waals surface area contributed by atoms with Crippen molar-refractivity contribution in [2.75, 3.05) is 11.4 Å². The Morgan fingerprint density at radius 2 is 1.86 bits per heavy atom. The Kier molecular flexibility index (Phi) is 4.10. The maximum absolute atomic E-state index is 12.5. The molecule has 21 heavy (non-hydrogen) atoms. The molecule has 0 aliphatic rings. The van der Waals surface area contributed by atoms with E-state index in [1.54, 1.807) is 0 Å². The van der Waals surface area contributed by atoms with Crippen LogP contribution in [0.4, 0.5) is 5.69 Å². The summed E-state index contributed by atoms with van der Waals surface area (Å²) >= 11 is 4.77. The van der Waals surface area contributed by atoms with Crippen molar-refractivity contribution in [2.24, 2.45) is 5.73 Å². The highest BCUT2D eigenvalue weighted by Crippen LogP contribution is 2.23. The number of rotatable bonds is 4. The molecule has 0 fully saturated rings. The van der Waals surface area contributed by atoms with Crippen molar-refractivity contribution in [1.82, 2.24) is 4.98 Å². The molecule has 1 aromatic carbocycles. The van der Waals surface area contributed by atoms with Crippen molar-refractivity contribution in [1.29, 1.82) is 0 Å². The second-order valence-electron chi connectivity index (χ2n) is 4.23. The Balaban J connectivity index is 2.36. The molecular formula is C13H13N3O3S2. The molecule has 0 saturated heterocycles. The summed E-state index contributed by atoms with van der Waals surface area (Å²) in [6.45, 7) is 0. The summed E-state index contributed by atoms with van der Waals surface area (Å²) in [5, 5.41) is 9.24. The van der Waals surface area contributed by atoms with E-state index in [-0.39, 0.29) is 15.6 Å². The number of phenols is 1. The van der Waals surface area contributed by atoms with Gasteiger partial charge in [0.05, 0.1) is 11.4 Å². The molecule has 0 spiro atoms. The van der Waals surface area contributed by atoms with Gasteiger partial charge in [-0.2, -0.15) is 0 Å². The van der Waals surface area contributed by atoms with E-state index in [0.717, 1.165) is 4.31 Å². The van der Waals surface area contributed by atoms with Crippen molar-refractivity contribution in [3.63, 3.8) is 0 Å². The third-order valence-electron chi connectivity index (χ3n) is 2.86. The van der Waals surface area contributed by atoms with Crippen LogP contribution in [0.15, 0.2) is 47.5 Å². The Labute approximate surface area is 127 Å². The summed E-state index contributed by atoms with van der Waals surface area (Å²) in [6.07, 6.45) is 1.21. The first-order valence-electron chi connectivity index (χ1n) is 5.86. The first-order chi connectivity index (χ1) is 9.82. The van der Waals surface area contributed by atoms with Crippen LogP contribution < -0.4 is 10.0 Å². The van der Waals surface area contributed by atoms with E-state index < -0.39 is 10.0 Å². The van der Waals surface area contributed by atoms with Crippen LogP contribution in [0, 0.1) is 0 Å². The van der Waals surface area contributed by atoms with Gasteiger partial charge in [0.15, 0.2) is 0 Å². The molecule has 0 aliphatic heterocycles. The summed E-state index contributed by atoms with van der Waals surface area (Å²) < 4.78 is 26.0. The number of phenolic OH excluding ortho intramolecular Hbond substituents is 1. The number of anilines is 1. The van der Waals surface area contributed by atoms with Crippen LogP contribution in [0.1, 0.15) is 5.69 Å². The van der Waals surface area contributed by atoms with E-state index in [4.69, 9.17) is 18.0 Å². The molecule has 2 rings (SSSR count). The topological polar surface area (TPSA) is 96.5 Å². The molecule has 0 atom stereocenters. The van der Waals surface area contributed by atoms with E-state index in [1.165, 1.54) is 49.6 Å². The highest BCUT2D eigenvalue weighted by molar-refractivity contribution is 7.92. The zero-order chi connectivity index (χ0) is 15.6. The molecule has 8 heteroatoms. The van der Waals surface area contributed by atoms with Crippen LogP contribution in [0.2, 0.25) is 0 Å². The monoisotopic (exact) mass is 323 g/mol. The Morgan fingerprint density at radius 1 is 1.24 bits per heavy atom. The SMILES string of the molecule is CN(c1ccc(O)cc1)S(=O)(=O)c1ccc(C(N)=S)nc1. The molecule has 0 aliphatic carbocycles. The number of nitrogens with zero attached hydrogens (tertiary/aromatic N) is 2. The van der Waals surface area contributed by atoms with Crippen LogP contribution in [0.3, 0.4) is 0 Å². The second-order valence-corrected chi connectivity index (χ2v) is 6.64. The Hall–Kier alpha value is -2.19. The molecule has 2 aromatic rings. The molecule has 3 N–H and O–H groups in total. The maximum atomic E-state index is 12.5. The third-order valence-corrected chi connectivity index (χ3v) is 4.84. The van der Waals surface area contributed by atoms with E-state index >= 15 is 0 Å². The Bertz CT molecular complexity index is 756. The average Bonchev–Trinajstić information content (AvgIpc) is 2.47. The first-order valence-corrected chi connectivity index (χ1v) is 7.71. The zero-order valence-corrected chi connectivity index (χ0v) is 12.7. The quantitative estimate of drug-likeness (QED) is 0.822. The molecule has 0 bridgehead atoms. The average molecular weight is 323 g/mol. The predicted octanol–water partition coefficient (Wildman–Crippen LogP) is 1.25. The van der Waals surface area contributed by atoms with Gasteiger partial charge in [0.25, 0.3) is 10.0 Å². The molecule has 0 radical (unpaired) electrons. The molecular weight excluding hydrogens is 310 g/mol. The van der Waals surface area contributed by atoms with Crippen LogP contribution in [-0.4, -0.2) is 30.5 Å². The van der Waals surface area contributed by atoms with Gasteiger partial charge >= 0.3 is 0 Å². The summed E-state index contributed by atoms with van der Waals surface area (Å²) in [5.41, 5.74) is 6.20. The number of hydrogen-bond acceptors (Lipinski definition) is 5. The van der Waals surface area contributed by atoms with Gasteiger partial charge in [0.1, 0.15) is 15.6 Å².